The lowest BCUT2D eigenvalue weighted by atomic mass is 9.85. The van der Waals surface area contributed by atoms with Crippen molar-refractivity contribution in [2.24, 2.45) is 18.0 Å². The van der Waals surface area contributed by atoms with Crippen LogP contribution in [0.2, 0.25) is 0 Å². The van der Waals surface area contributed by atoms with E-state index in [0.29, 0.717) is 23.3 Å². The number of imidazole rings is 1. The molecule has 0 bridgehead atoms. The summed E-state index contributed by atoms with van der Waals surface area (Å²) in [5.41, 5.74) is 2.98. The molecule has 2 heterocycles. The highest BCUT2D eigenvalue weighted by atomic mass is 16.4. The molecule has 0 aliphatic carbocycles. The average molecular weight is 593 g/mol. The first-order valence-electron chi connectivity index (χ1n) is 16.8. The highest BCUT2D eigenvalue weighted by Crippen LogP contribution is 2.37. The molecular weight excluding hydrogens is 536 g/mol. The smallest absolute Gasteiger partial charge is 0.311 e. The summed E-state index contributed by atoms with van der Waals surface area (Å²) in [5.74, 6) is -0.437. The molecule has 2 aromatic rings. The number of amides is 1. The molecule has 0 saturated heterocycles. The molecule has 0 fully saturated rings. The van der Waals surface area contributed by atoms with Crippen molar-refractivity contribution in [3.8, 4) is 0 Å². The zero-order valence-electron chi connectivity index (χ0n) is 27.9. The first kappa shape index (κ1) is 34.5. The van der Waals surface area contributed by atoms with Gasteiger partial charge in [-0.3, -0.25) is 14.6 Å². The Morgan fingerprint density at radius 3 is 2.14 bits per heavy atom. The second-order valence-corrected chi connectivity index (χ2v) is 13.0. The number of nitrogens with one attached hydrogen (secondary N) is 1. The number of hydrogen-bond donors (Lipinski definition) is 2. The van der Waals surface area contributed by atoms with Gasteiger partial charge in [0.15, 0.2) is 0 Å². The van der Waals surface area contributed by atoms with E-state index in [2.05, 4.69) is 24.4 Å². The maximum atomic E-state index is 13.1. The number of fused-ring (bicyclic) bond motifs is 1. The number of rotatable bonds is 19. The number of benzene rings is 1. The van der Waals surface area contributed by atoms with E-state index < -0.39 is 17.4 Å². The topological polar surface area (TPSA) is 96.6 Å². The predicted octanol–water partition coefficient (Wildman–Crippen LogP) is 8.69. The lowest BCUT2D eigenvalue weighted by Crippen LogP contribution is -2.41. The minimum atomic E-state index is -0.908. The lowest BCUT2D eigenvalue weighted by Gasteiger charge is -2.21. The fourth-order valence-electron chi connectivity index (χ4n) is 6.14. The van der Waals surface area contributed by atoms with Crippen LogP contribution in [-0.4, -0.2) is 37.9 Å². The Hall–Kier alpha value is -2.96. The van der Waals surface area contributed by atoms with E-state index in [0.717, 1.165) is 48.2 Å². The Labute approximate surface area is 259 Å². The van der Waals surface area contributed by atoms with Crippen molar-refractivity contribution in [2.45, 2.75) is 143 Å². The zero-order valence-corrected chi connectivity index (χ0v) is 27.9. The molecule has 0 radical (unpaired) electrons. The zero-order chi connectivity index (χ0) is 31.6. The van der Waals surface area contributed by atoms with Gasteiger partial charge in [-0.15, -0.1) is 0 Å². The first-order valence-corrected chi connectivity index (χ1v) is 16.8. The summed E-state index contributed by atoms with van der Waals surface area (Å²) < 4.78 is 2.01. The van der Waals surface area contributed by atoms with E-state index >= 15 is 0 Å². The standard InChI is InChI=1S/C36H56N4O3/c1-8-9-10-11-12-13-14-15-16-17-18-19-20-21-22-23-28(34(41)42)30-26(4)24-29-32(37-27(5)40(29)7)31(30)33-38-35(43)36(6,39-33)25(2)3/h15-16,24-25,28H,8-14,17-23H2,1-7H3,(H,41,42)(H,38,39,43). The van der Waals surface area contributed by atoms with E-state index in [1.54, 1.807) is 0 Å². The molecule has 0 saturated carbocycles. The van der Waals surface area contributed by atoms with Crippen LogP contribution >= 0.6 is 0 Å². The van der Waals surface area contributed by atoms with E-state index in [-0.39, 0.29) is 11.8 Å². The van der Waals surface area contributed by atoms with Gasteiger partial charge in [0.1, 0.15) is 22.7 Å². The summed E-state index contributed by atoms with van der Waals surface area (Å²) in [6, 6.07) is 2.03. The largest absolute Gasteiger partial charge is 0.481 e. The number of hydrogen-bond acceptors (Lipinski definition) is 4. The van der Waals surface area contributed by atoms with E-state index in [4.69, 9.17) is 9.98 Å². The van der Waals surface area contributed by atoms with Gasteiger partial charge in [0.25, 0.3) is 5.91 Å². The molecular formula is C36H56N4O3. The third-order valence-electron chi connectivity index (χ3n) is 9.45. The molecule has 7 heteroatoms. The molecule has 1 aromatic heterocycles. The van der Waals surface area contributed by atoms with Gasteiger partial charge in [0.2, 0.25) is 0 Å². The SMILES string of the molecule is CCCCCCCCC=CCCCCCCCC(C(=O)O)c1c(C)cc2c(nc(C)n2C)c1C1=NC(C)(C(C)C)C(=O)N1. The molecule has 1 aliphatic heterocycles. The van der Waals surface area contributed by atoms with Crippen molar-refractivity contribution in [3.05, 3.63) is 40.7 Å². The van der Waals surface area contributed by atoms with Crippen LogP contribution in [0.3, 0.4) is 0 Å². The van der Waals surface area contributed by atoms with Crippen LogP contribution in [0.5, 0.6) is 0 Å². The van der Waals surface area contributed by atoms with Crippen molar-refractivity contribution in [3.63, 3.8) is 0 Å². The number of carbonyl (C=O) groups excluding carboxylic acids is 1. The normalized spacial score (nSPS) is 17.8. The molecule has 2 N–H and O–H groups in total. The van der Waals surface area contributed by atoms with Crippen molar-refractivity contribution in [1.82, 2.24) is 14.9 Å². The number of carboxylic acids is 1. The number of unbranched alkanes of at least 4 members (excludes halogenated alkanes) is 11. The molecule has 3 rings (SSSR count). The molecule has 238 valence electrons. The second-order valence-electron chi connectivity index (χ2n) is 13.0. The number of aliphatic carboxylic acids is 1. The predicted molar refractivity (Wildman–Crippen MR) is 178 cm³/mol. The number of carbonyl (C=O) groups is 2. The molecule has 1 amide bonds. The second kappa shape index (κ2) is 16.2. The van der Waals surface area contributed by atoms with Crippen molar-refractivity contribution < 1.29 is 14.7 Å². The molecule has 43 heavy (non-hydrogen) atoms. The summed E-state index contributed by atoms with van der Waals surface area (Å²) in [6.45, 7) is 12.0. The van der Waals surface area contributed by atoms with Gasteiger partial charge in [-0.1, -0.05) is 90.7 Å². The molecule has 1 aromatic carbocycles. The molecule has 0 spiro atoms. The molecule has 2 unspecified atom stereocenters. The Morgan fingerprint density at radius 1 is 1.00 bits per heavy atom. The number of carboxylic acid groups (broad SMARTS) is 1. The monoisotopic (exact) mass is 592 g/mol. The summed E-state index contributed by atoms with van der Waals surface area (Å²) in [4.78, 5) is 35.5. The summed E-state index contributed by atoms with van der Waals surface area (Å²) in [5, 5.41) is 13.5. The summed E-state index contributed by atoms with van der Waals surface area (Å²) in [6.07, 6.45) is 20.9. The van der Waals surface area contributed by atoms with Crippen molar-refractivity contribution in [1.29, 1.82) is 0 Å². The Morgan fingerprint density at radius 2 is 1.58 bits per heavy atom. The maximum Gasteiger partial charge on any atom is 0.311 e. The summed E-state index contributed by atoms with van der Waals surface area (Å²) in [7, 11) is 1.96. The number of aromatic nitrogens is 2. The van der Waals surface area contributed by atoms with Gasteiger partial charge < -0.3 is 15.0 Å². The van der Waals surface area contributed by atoms with Crippen LogP contribution < -0.4 is 5.32 Å². The maximum absolute atomic E-state index is 13.1. The van der Waals surface area contributed by atoms with Crippen molar-refractivity contribution in [2.75, 3.05) is 0 Å². The number of allylic oxidation sites excluding steroid dienone is 2. The van der Waals surface area contributed by atoms with Crippen LogP contribution in [0.1, 0.15) is 146 Å². The van der Waals surface area contributed by atoms with Gasteiger partial charge in [-0.05, 0) is 76.0 Å². The van der Waals surface area contributed by atoms with Gasteiger partial charge in [0, 0.05) is 12.6 Å². The van der Waals surface area contributed by atoms with Gasteiger partial charge in [-0.2, -0.15) is 0 Å². The number of nitrogens with zero attached hydrogens (tertiary/aromatic N) is 3. The molecule has 1 aliphatic rings. The minimum Gasteiger partial charge on any atom is -0.481 e. The third-order valence-corrected chi connectivity index (χ3v) is 9.45. The number of amidine groups is 1. The van der Waals surface area contributed by atoms with E-state index in [1.807, 2.05) is 52.3 Å². The van der Waals surface area contributed by atoms with Crippen molar-refractivity contribution >= 4 is 28.7 Å². The highest BCUT2D eigenvalue weighted by molar-refractivity contribution is 6.20. The van der Waals surface area contributed by atoms with E-state index in [9.17, 15) is 14.7 Å². The third kappa shape index (κ3) is 8.57. The van der Waals surface area contributed by atoms with Crippen LogP contribution in [-0.2, 0) is 16.6 Å². The molecule has 2 atom stereocenters. The number of aliphatic imine (C=N–C) groups is 1. The first-order chi connectivity index (χ1) is 20.5. The van der Waals surface area contributed by atoms with Crippen LogP contribution in [0.25, 0.3) is 11.0 Å². The summed E-state index contributed by atoms with van der Waals surface area (Å²) >= 11 is 0. The fraction of sp³-hybridized carbons (Fsp3) is 0.667. The van der Waals surface area contributed by atoms with Crippen LogP contribution in [0.15, 0.2) is 23.2 Å². The fourth-order valence-corrected chi connectivity index (χ4v) is 6.14. The van der Waals surface area contributed by atoms with Gasteiger partial charge in [-0.25, -0.2) is 4.98 Å². The van der Waals surface area contributed by atoms with Gasteiger partial charge in [0.05, 0.1) is 11.4 Å². The Bertz CT molecular complexity index is 1310. The quantitative estimate of drug-likeness (QED) is 0.126. The molecule has 7 nitrogen and oxygen atoms in total. The Balaban J connectivity index is 1.65. The van der Waals surface area contributed by atoms with Crippen LogP contribution in [0.4, 0.5) is 0 Å². The number of aryl methyl sites for hydroxylation is 3. The minimum absolute atomic E-state index is 0.00898. The van der Waals surface area contributed by atoms with Gasteiger partial charge >= 0.3 is 5.97 Å². The highest BCUT2D eigenvalue weighted by Gasteiger charge is 2.43. The average Bonchev–Trinajstić information content (AvgIpc) is 3.42. The lowest BCUT2D eigenvalue weighted by molar-refractivity contribution is -0.139. The Kier molecular flexibility index (Phi) is 13.0. The van der Waals surface area contributed by atoms with E-state index in [1.165, 1.54) is 57.8 Å². The van der Waals surface area contributed by atoms with Crippen LogP contribution in [0, 0.1) is 19.8 Å².